The number of nitrogens with one attached hydrogen (secondary N) is 1. The van der Waals surface area contributed by atoms with Gasteiger partial charge in [-0.15, -0.1) is 11.3 Å². The summed E-state index contributed by atoms with van der Waals surface area (Å²) in [5.74, 6) is -0.807. The molecule has 228 valence electrons. The maximum absolute atomic E-state index is 14.0. The molecule has 0 radical (unpaired) electrons. The predicted molar refractivity (Wildman–Crippen MR) is 163 cm³/mol. The zero-order chi connectivity index (χ0) is 30.7. The van der Waals surface area contributed by atoms with Crippen molar-refractivity contribution in [2.75, 3.05) is 37.6 Å². The molecule has 2 heterocycles. The van der Waals surface area contributed by atoms with Gasteiger partial charge in [0, 0.05) is 11.3 Å². The lowest BCUT2D eigenvalue weighted by Gasteiger charge is -2.22. The van der Waals surface area contributed by atoms with E-state index >= 15 is 0 Å². The van der Waals surface area contributed by atoms with Crippen molar-refractivity contribution >= 4 is 49.6 Å². The monoisotopic (exact) mass is 626 g/mol. The van der Waals surface area contributed by atoms with Gasteiger partial charge in [-0.1, -0.05) is 24.6 Å². The van der Waals surface area contributed by atoms with Crippen LogP contribution in [0.1, 0.15) is 64.2 Å². The van der Waals surface area contributed by atoms with Crippen LogP contribution in [-0.4, -0.2) is 53.6 Å². The Morgan fingerprint density at radius 3 is 2.51 bits per heavy atom. The molecule has 10 nitrogen and oxygen atoms in total. The number of methoxy groups -OCH3 is 2. The highest BCUT2D eigenvalue weighted by molar-refractivity contribution is 7.92. The third kappa shape index (κ3) is 5.98. The summed E-state index contributed by atoms with van der Waals surface area (Å²) in [4.78, 5) is 42.4. The molecular formula is C31H34N2O8S2. The Labute approximate surface area is 254 Å². The number of fused-ring (bicyclic) bond motifs is 2. The molecule has 0 saturated heterocycles. The van der Waals surface area contributed by atoms with Gasteiger partial charge < -0.3 is 24.4 Å². The molecule has 0 fully saturated rings. The van der Waals surface area contributed by atoms with Crippen LogP contribution in [0.15, 0.2) is 47.4 Å². The summed E-state index contributed by atoms with van der Waals surface area (Å²) < 4.78 is 43.9. The lowest BCUT2D eigenvalue weighted by atomic mass is 10.1. The van der Waals surface area contributed by atoms with Crippen molar-refractivity contribution in [1.82, 2.24) is 0 Å². The molecule has 1 unspecified atom stereocenters. The number of benzene rings is 2. The number of thiophene rings is 1. The van der Waals surface area contributed by atoms with Gasteiger partial charge in [0.25, 0.3) is 0 Å². The van der Waals surface area contributed by atoms with Crippen LogP contribution in [0.4, 0.5) is 10.7 Å². The second-order valence-electron chi connectivity index (χ2n) is 10.3. The molecule has 1 N–H and O–H groups in total. The van der Waals surface area contributed by atoms with Gasteiger partial charge in [0.1, 0.15) is 11.5 Å². The normalized spacial score (nSPS) is 17.6. The lowest BCUT2D eigenvalue weighted by Crippen LogP contribution is -2.38. The Balaban J connectivity index is 1.47. The average Bonchev–Trinajstić information content (AvgIpc) is 3.12. The average molecular weight is 627 g/mol. The van der Waals surface area contributed by atoms with Gasteiger partial charge in [0.2, 0.25) is 11.8 Å². The van der Waals surface area contributed by atoms with Crippen LogP contribution >= 0.6 is 11.3 Å². The van der Waals surface area contributed by atoms with E-state index in [4.69, 9.17) is 14.2 Å². The van der Waals surface area contributed by atoms with Gasteiger partial charge in [-0.25, -0.2) is 13.2 Å². The van der Waals surface area contributed by atoms with Crippen LogP contribution in [0.2, 0.25) is 0 Å². The fourth-order valence-corrected chi connectivity index (χ4v) is 8.87. The van der Waals surface area contributed by atoms with E-state index in [0.717, 1.165) is 42.5 Å². The topological polar surface area (TPSA) is 128 Å². The number of aryl methyl sites for hydroxylation is 1. The summed E-state index contributed by atoms with van der Waals surface area (Å²) in [6.07, 6.45) is 4.16. The summed E-state index contributed by atoms with van der Waals surface area (Å²) in [6, 6.07) is 10.9. The molecule has 1 atom stereocenters. The third-order valence-electron chi connectivity index (χ3n) is 7.73. The molecule has 0 spiro atoms. The SMILES string of the molecule is CCOC(=O)c1c(NC(=O)CN2C(=O)CC(c3ccc(OC)c(OC)c3)S(=O)(=O)c3ccccc32)sc2c1CCCCC2. The maximum atomic E-state index is 14.0. The number of carbonyl (C=O) groups is 3. The fourth-order valence-electron chi connectivity index (χ4n) is 5.67. The zero-order valence-corrected chi connectivity index (χ0v) is 25.9. The smallest absolute Gasteiger partial charge is 0.341 e. The van der Waals surface area contributed by atoms with Crippen molar-refractivity contribution < 1.29 is 37.0 Å². The van der Waals surface area contributed by atoms with E-state index in [9.17, 15) is 22.8 Å². The van der Waals surface area contributed by atoms with Crippen molar-refractivity contribution in [2.45, 2.75) is 55.6 Å². The van der Waals surface area contributed by atoms with Crippen LogP contribution in [0, 0.1) is 0 Å². The number of carbonyl (C=O) groups excluding carboxylic acids is 3. The minimum Gasteiger partial charge on any atom is -0.493 e. The van der Waals surface area contributed by atoms with Crippen LogP contribution in [-0.2, 0) is 37.0 Å². The molecule has 0 saturated carbocycles. The molecule has 12 heteroatoms. The number of anilines is 2. The summed E-state index contributed by atoms with van der Waals surface area (Å²) in [5, 5.41) is 2.02. The van der Waals surface area contributed by atoms with Crippen LogP contribution < -0.4 is 19.7 Å². The highest BCUT2D eigenvalue weighted by Crippen LogP contribution is 2.43. The number of para-hydroxylation sites is 1. The summed E-state index contributed by atoms with van der Waals surface area (Å²) in [5.41, 5.74) is 1.77. The highest BCUT2D eigenvalue weighted by Gasteiger charge is 2.40. The van der Waals surface area contributed by atoms with E-state index in [2.05, 4.69) is 5.32 Å². The predicted octanol–water partition coefficient (Wildman–Crippen LogP) is 5.10. The molecule has 0 bridgehead atoms. The van der Waals surface area contributed by atoms with Gasteiger partial charge in [0.05, 0.1) is 42.2 Å². The van der Waals surface area contributed by atoms with E-state index in [0.29, 0.717) is 27.6 Å². The first kappa shape index (κ1) is 30.6. The van der Waals surface area contributed by atoms with Gasteiger partial charge in [0.15, 0.2) is 21.3 Å². The second-order valence-corrected chi connectivity index (χ2v) is 13.5. The van der Waals surface area contributed by atoms with E-state index in [1.54, 1.807) is 37.3 Å². The molecule has 2 aliphatic rings. The Kier molecular flexibility index (Phi) is 9.07. The quantitative estimate of drug-likeness (QED) is 0.270. The summed E-state index contributed by atoms with van der Waals surface area (Å²) >= 11 is 1.36. The Bertz CT molecular complexity index is 1660. The van der Waals surface area contributed by atoms with Crippen molar-refractivity contribution in [3.8, 4) is 11.5 Å². The number of hydrogen-bond acceptors (Lipinski definition) is 9. The van der Waals surface area contributed by atoms with Crippen molar-refractivity contribution in [1.29, 1.82) is 0 Å². The number of sulfone groups is 1. The Morgan fingerprint density at radius 1 is 1.02 bits per heavy atom. The molecule has 5 rings (SSSR count). The fraction of sp³-hybridized carbons (Fsp3) is 0.387. The Hall–Kier alpha value is -3.90. The van der Waals surface area contributed by atoms with Gasteiger partial charge in [-0.3, -0.25) is 9.59 Å². The summed E-state index contributed by atoms with van der Waals surface area (Å²) in [6.45, 7) is 1.49. The first-order valence-corrected chi connectivity index (χ1v) is 16.5. The molecule has 2 amide bonds. The first-order valence-electron chi connectivity index (χ1n) is 14.2. The van der Waals surface area contributed by atoms with Gasteiger partial charge in [-0.05, 0) is 68.0 Å². The first-order chi connectivity index (χ1) is 20.7. The molecule has 1 aliphatic carbocycles. The number of esters is 1. The van der Waals surface area contributed by atoms with E-state index in [-0.39, 0.29) is 23.6 Å². The minimum atomic E-state index is -4.06. The van der Waals surface area contributed by atoms with Crippen LogP contribution in [0.25, 0.3) is 0 Å². The molecular weight excluding hydrogens is 592 g/mol. The molecule has 3 aromatic rings. The van der Waals surface area contributed by atoms with Crippen LogP contribution in [0.3, 0.4) is 0 Å². The van der Waals surface area contributed by atoms with E-state index in [1.807, 2.05) is 0 Å². The largest absolute Gasteiger partial charge is 0.493 e. The standard InChI is InChI=1S/C31H34N2O8S2/c1-4-41-31(36)29-20-10-6-5-7-12-24(20)42-30(29)32-27(34)18-33-21-11-8-9-13-25(21)43(37,38)26(17-28(33)35)19-14-15-22(39-2)23(16-19)40-3/h8-9,11,13-16,26H,4-7,10,12,17-18H2,1-3H3,(H,32,34). The van der Waals surface area contributed by atoms with Crippen molar-refractivity contribution in [3.63, 3.8) is 0 Å². The van der Waals surface area contributed by atoms with Gasteiger partial charge >= 0.3 is 5.97 Å². The number of ether oxygens (including phenoxy) is 3. The van der Waals surface area contributed by atoms with E-state index in [1.165, 1.54) is 42.6 Å². The number of amides is 2. The second kappa shape index (κ2) is 12.8. The maximum Gasteiger partial charge on any atom is 0.341 e. The number of rotatable bonds is 8. The third-order valence-corrected chi connectivity index (χ3v) is 11.1. The van der Waals surface area contributed by atoms with Crippen LogP contribution in [0.5, 0.6) is 11.5 Å². The van der Waals surface area contributed by atoms with Crippen molar-refractivity contribution in [3.05, 3.63) is 64.0 Å². The highest BCUT2D eigenvalue weighted by atomic mass is 32.2. The lowest BCUT2D eigenvalue weighted by molar-refractivity contribution is -0.121. The van der Waals surface area contributed by atoms with Crippen molar-refractivity contribution in [2.24, 2.45) is 0 Å². The minimum absolute atomic E-state index is 0.0523. The van der Waals surface area contributed by atoms with E-state index < -0.39 is 39.4 Å². The molecule has 1 aliphatic heterocycles. The van der Waals surface area contributed by atoms with Gasteiger partial charge in [-0.2, -0.15) is 0 Å². The zero-order valence-electron chi connectivity index (χ0n) is 24.3. The molecule has 1 aromatic heterocycles. The number of nitrogens with zero attached hydrogens (tertiary/aromatic N) is 1. The molecule has 43 heavy (non-hydrogen) atoms. The number of hydrogen-bond donors (Lipinski definition) is 1. The molecule has 2 aromatic carbocycles. The summed E-state index contributed by atoms with van der Waals surface area (Å²) in [7, 11) is -1.13. The Morgan fingerprint density at radius 2 is 1.77 bits per heavy atom.